The Morgan fingerprint density at radius 2 is 2.00 bits per heavy atom. The minimum absolute atomic E-state index is 0.0108. The van der Waals surface area contributed by atoms with Crippen molar-refractivity contribution in [2.24, 2.45) is 16.3 Å². The molecule has 134 valence electrons. The normalized spacial score (nSPS) is 22.6. The summed E-state index contributed by atoms with van der Waals surface area (Å²) >= 11 is 0. The second kappa shape index (κ2) is 9.75. The Balaban J connectivity index is 2.42. The molecule has 0 saturated carbocycles. The summed E-state index contributed by atoms with van der Waals surface area (Å²) in [7, 11) is 1.72. The highest BCUT2D eigenvalue weighted by molar-refractivity contribution is 5.86. The highest BCUT2D eigenvalue weighted by atomic mass is 16.5. The molecule has 1 fully saturated rings. The summed E-state index contributed by atoms with van der Waals surface area (Å²) in [5.74, 6) is 1.11. The van der Waals surface area contributed by atoms with Crippen LogP contribution in [0.4, 0.5) is 0 Å². The number of hydrogen-bond donors (Lipinski definition) is 3. The maximum Gasteiger partial charge on any atom is 0.239 e. The van der Waals surface area contributed by atoms with Crippen LogP contribution in [0.3, 0.4) is 0 Å². The molecule has 0 aromatic carbocycles. The van der Waals surface area contributed by atoms with Crippen LogP contribution in [0.15, 0.2) is 4.99 Å². The third kappa shape index (κ3) is 7.20. The maximum absolute atomic E-state index is 11.6. The molecule has 2 unspecified atom stereocenters. The van der Waals surface area contributed by atoms with Crippen LogP contribution >= 0.6 is 0 Å². The van der Waals surface area contributed by atoms with Crippen LogP contribution in [-0.4, -0.2) is 51.3 Å². The highest BCUT2D eigenvalue weighted by Gasteiger charge is 2.35. The number of rotatable bonds is 6. The van der Waals surface area contributed by atoms with Crippen LogP contribution in [0, 0.1) is 11.3 Å². The summed E-state index contributed by atoms with van der Waals surface area (Å²) in [5.41, 5.74) is 0.129. The monoisotopic (exact) mass is 326 g/mol. The number of nitrogens with one attached hydrogen (secondary N) is 3. The zero-order valence-corrected chi connectivity index (χ0v) is 15.4. The van der Waals surface area contributed by atoms with Gasteiger partial charge in [0.1, 0.15) is 0 Å². The first-order chi connectivity index (χ1) is 10.9. The molecule has 0 aliphatic carbocycles. The van der Waals surface area contributed by atoms with Gasteiger partial charge in [-0.2, -0.15) is 0 Å². The smallest absolute Gasteiger partial charge is 0.239 e. The first-order valence-electron chi connectivity index (χ1n) is 8.71. The minimum atomic E-state index is -0.0108. The molecule has 23 heavy (non-hydrogen) atoms. The van der Waals surface area contributed by atoms with E-state index < -0.39 is 0 Å². The van der Waals surface area contributed by atoms with Crippen LogP contribution < -0.4 is 16.0 Å². The van der Waals surface area contributed by atoms with Crippen molar-refractivity contribution < 1.29 is 9.53 Å². The van der Waals surface area contributed by atoms with Crippen molar-refractivity contribution in [1.29, 1.82) is 0 Å². The van der Waals surface area contributed by atoms with Crippen LogP contribution in [-0.2, 0) is 9.53 Å². The van der Waals surface area contributed by atoms with Gasteiger partial charge in [-0.25, -0.2) is 0 Å². The molecule has 0 aromatic heterocycles. The summed E-state index contributed by atoms with van der Waals surface area (Å²) in [6.07, 6.45) is 3.44. The second-order valence-electron chi connectivity index (χ2n) is 7.22. The number of nitrogens with zero attached hydrogens (tertiary/aromatic N) is 1. The lowest BCUT2D eigenvalue weighted by Gasteiger charge is -2.40. The number of carbonyl (C=O) groups is 1. The molecule has 2 atom stereocenters. The topological polar surface area (TPSA) is 74.8 Å². The summed E-state index contributed by atoms with van der Waals surface area (Å²) < 4.78 is 6.00. The number of ether oxygens (including phenoxy) is 1. The Morgan fingerprint density at radius 3 is 2.61 bits per heavy atom. The van der Waals surface area contributed by atoms with E-state index in [0.717, 1.165) is 32.4 Å². The molecule has 1 saturated heterocycles. The first kappa shape index (κ1) is 19.7. The van der Waals surface area contributed by atoms with E-state index in [-0.39, 0.29) is 24.0 Å². The summed E-state index contributed by atoms with van der Waals surface area (Å²) in [6, 6.07) is 0. The van der Waals surface area contributed by atoms with Gasteiger partial charge < -0.3 is 20.7 Å². The van der Waals surface area contributed by atoms with E-state index in [4.69, 9.17) is 4.74 Å². The number of hydrogen-bond acceptors (Lipinski definition) is 3. The van der Waals surface area contributed by atoms with Gasteiger partial charge in [0.15, 0.2) is 5.96 Å². The number of amides is 1. The van der Waals surface area contributed by atoms with Crippen molar-refractivity contribution >= 4 is 11.9 Å². The standard InChI is InChI=1S/C17H34N4O2/c1-6-9-19-14(22)12-21-16(18-5)20-11-13-8-7-10-23-15(13)17(2,3)4/h13,15H,6-12H2,1-5H3,(H,19,22)(H2,18,20,21). The number of carbonyl (C=O) groups excluding carboxylic acids is 1. The van der Waals surface area contributed by atoms with Gasteiger partial charge in [-0.3, -0.25) is 9.79 Å². The molecule has 3 N–H and O–H groups in total. The van der Waals surface area contributed by atoms with Gasteiger partial charge in [0, 0.05) is 32.7 Å². The molecule has 1 amide bonds. The van der Waals surface area contributed by atoms with Gasteiger partial charge in [0.25, 0.3) is 0 Å². The molecule has 6 nitrogen and oxygen atoms in total. The highest BCUT2D eigenvalue weighted by Crippen LogP contribution is 2.33. The third-order valence-corrected chi connectivity index (χ3v) is 4.04. The summed E-state index contributed by atoms with van der Waals surface area (Å²) in [5, 5.41) is 9.23. The van der Waals surface area contributed by atoms with E-state index in [2.05, 4.69) is 41.7 Å². The van der Waals surface area contributed by atoms with Crippen LogP contribution in [0.2, 0.25) is 0 Å². The van der Waals surface area contributed by atoms with Gasteiger partial charge >= 0.3 is 0 Å². The van der Waals surface area contributed by atoms with E-state index in [1.807, 2.05) is 6.92 Å². The van der Waals surface area contributed by atoms with Gasteiger partial charge in [-0.15, -0.1) is 0 Å². The Hall–Kier alpha value is -1.30. The molecule has 0 bridgehead atoms. The van der Waals surface area contributed by atoms with E-state index in [9.17, 15) is 4.79 Å². The zero-order valence-electron chi connectivity index (χ0n) is 15.4. The van der Waals surface area contributed by atoms with Crippen LogP contribution in [0.1, 0.15) is 47.0 Å². The summed E-state index contributed by atoms with van der Waals surface area (Å²) in [6.45, 7) is 11.3. The van der Waals surface area contributed by atoms with Crippen molar-refractivity contribution in [3.8, 4) is 0 Å². The van der Waals surface area contributed by atoms with Crippen molar-refractivity contribution in [1.82, 2.24) is 16.0 Å². The lowest BCUT2D eigenvalue weighted by molar-refractivity contribution is -0.120. The van der Waals surface area contributed by atoms with E-state index in [1.165, 1.54) is 0 Å². The summed E-state index contributed by atoms with van der Waals surface area (Å²) in [4.78, 5) is 15.8. The predicted molar refractivity (Wildman–Crippen MR) is 94.6 cm³/mol. The van der Waals surface area contributed by atoms with Crippen LogP contribution in [0.25, 0.3) is 0 Å². The largest absolute Gasteiger partial charge is 0.377 e. The van der Waals surface area contributed by atoms with E-state index >= 15 is 0 Å². The molecule has 1 heterocycles. The SMILES string of the molecule is CCCNC(=O)CNC(=NC)NCC1CCCOC1C(C)(C)C. The maximum atomic E-state index is 11.6. The minimum Gasteiger partial charge on any atom is -0.377 e. The Kier molecular flexibility index (Phi) is 8.37. The molecular weight excluding hydrogens is 292 g/mol. The number of aliphatic imine (C=N–C) groups is 1. The van der Waals surface area contributed by atoms with Gasteiger partial charge in [0.05, 0.1) is 12.6 Å². The van der Waals surface area contributed by atoms with Crippen LogP contribution in [0.5, 0.6) is 0 Å². The second-order valence-corrected chi connectivity index (χ2v) is 7.22. The van der Waals surface area contributed by atoms with Gasteiger partial charge in [-0.1, -0.05) is 27.7 Å². The lowest BCUT2D eigenvalue weighted by Crippen LogP contribution is -2.48. The molecular formula is C17H34N4O2. The molecule has 1 aliphatic heterocycles. The zero-order chi connectivity index (χ0) is 17.3. The Bertz CT molecular complexity index is 391. The van der Waals surface area contributed by atoms with E-state index in [0.29, 0.717) is 18.4 Å². The van der Waals surface area contributed by atoms with Crippen molar-refractivity contribution in [2.45, 2.75) is 53.1 Å². The van der Waals surface area contributed by atoms with E-state index in [1.54, 1.807) is 7.05 Å². The quantitative estimate of drug-likeness (QED) is 0.511. The number of guanidine groups is 1. The molecule has 1 rings (SSSR count). The fourth-order valence-corrected chi connectivity index (χ4v) is 2.95. The average Bonchev–Trinajstić information content (AvgIpc) is 2.52. The molecule has 6 heteroatoms. The molecule has 0 aromatic rings. The lowest BCUT2D eigenvalue weighted by atomic mass is 9.78. The average molecular weight is 326 g/mol. The fourth-order valence-electron chi connectivity index (χ4n) is 2.95. The predicted octanol–water partition coefficient (Wildman–Crippen LogP) is 1.52. The molecule has 1 aliphatic rings. The van der Waals surface area contributed by atoms with Crippen molar-refractivity contribution in [2.75, 3.05) is 33.3 Å². The van der Waals surface area contributed by atoms with Crippen molar-refractivity contribution in [3.63, 3.8) is 0 Å². The Labute approximate surface area is 140 Å². The van der Waals surface area contributed by atoms with Gasteiger partial charge in [-0.05, 0) is 24.7 Å². The molecule has 0 radical (unpaired) electrons. The van der Waals surface area contributed by atoms with Crippen molar-refractivity contribution in [3.05, 3.63) is 0 Å². The molecule has 0 spiro atoms. The van der Waals surface area contributed by atoms with Gasteiger partial charge in [0.2, 0.25) is 5.91 Å². The first-order valence-corrected chi connectivity index (χ1v) is 8.71. The Morgan fingerprint density at radius 1 is 1.26 bits per heavy atom. The third-order valence-electron chi connectivity index (χ3n) is 4.04. The fraction of sp³-hybridized carbons (Fsp3) is 0.882.